The molecule has 1 N–H and O–H groups in total. The third kappa shape index (κ3) is 5.51. The van der Waals surface area contributed by atoms with Gasteiger partial charge in [-0.15, -0.1) is 0 Å². The lowest BCUT2D eigenvalue weighted by Crippen LogP contribution is -2.43. The fourth-order valence-electron chi connectivity index (χ4n) is 3.12. The molecule has 0 saturated carbocycles. The molecule has 29 heavy (non-hydrogen) atoms. The van der Waals surface area contributed by atoms with Crippen molar-refractivity contribution in [3.63, 3.8) is 0 Å². The SMILES string of the molecule is CCc1ccc(/C=C2\Sc3ccccc3N(CC(=O)NCCC(C)C)C2=O)cc1. The molecule has 1 aliphatic heterocycles. The number of aryl methyl sites for hydroxylation is 1. The van der Waals surface area contributed by atoms with E-state index >= 15 is 0 Å². The number of carbonyl (C=O) groups excluding carboxylic acids is 2. The molecule has 152 valence electrons. The molecule has 5 heteroatoms. The van der Waals surface area contributed by atoms with Gasteiger partial charge in [0.15, 0.2) is 0 Å². The lowest BCUT2D eigenvalue weighted by molar-refractivity contribution is -0.122. The van der Waals surface area contributed by atoms with E-state index in [1.807, 2.05) is 42.5 Å². The number of rotatable bonds is 7. The highest BCUT2D eigenvalue weighted by Gasteiger charge is 2.30. The summed E-state index contributed by atoms with van der Waals surface area (Å²) in [6.45, 7) is 7.02. The van der Waals surface area contributed by atoms with Crippen LogP contribution in [0.2, 0.25) is 0 Å². The van der Waals surface area contributed by atoms with Gasteiger partial charge >= 0.3 is 0 Å². The second-order valence-corrected chi connectivity index (χ2v) is 8.68. The van der Waals surface area contributed by atoms with Crippen LogP contribution in [-0.2, 0) is 16.0 Å². The molecule has 0 spiro atoms. The predicted octanol–water partition coefficient (Wildman–Crippen LogP) is 4.89. The average Bonchev–Trinajstić information content (AvgIpc) is 2.71. The monoisotopic (exact) mass is 408 g/mol. The molecular formula is C24H28N2O2S. The Morgan fingerprint density at radius 3 is 2.55 bits per heavy atom. The molecule has 2 aromatic carbocycles. The van der Waals surface area contributed by atoms with Gasteiger partial charge in [0, 0.05) is 11.4 Å². The van der Waals surface area contributed by atoms with Crippen LogP contribution in [0.5, 0.6) is 0 Å². The number of hydrogen-bond acceptors (Lipinski definition) is 3. The second kappa shape index (κ2) is 9.79. The molecular weight excluding hydrogens is 380 g/mol. The number of thioether (sulfide) groups is 1. The third-order valence-corrected chi connectivity index (χ3v) is 5.94. The zero-order valence-electron chi connectivity index (χ0n) is 17.3. The number of nitrogens with zero attached hydrogens (tertiary/aromatic N) is 1. The molecule has 4 nitrogen and oxygen atoms in total. The highest BCUT2D eigenvalue weighted by molar-refractivity contribution is 8.04. The van der Waals surface area contributed by atoms with Crippen LogP contribution in [0.25, 0.3) is 6.08 Å². The van der Waals surface area contributed by atoms with Crippen LogP contribution in [0.1, 0.15) is 38.3 Å². The van der Waals surface area contributed by atoms with Gasteiger partial charge in [0.05, 0.1) is 10.6 Å². The lowest BCUT2D eigenvalue weighted by Gasteiger charge is -2.29. The van der Waals surface area contributed by atoms with Crippen LogP contribution in [0.4, 0.5) is 5.69 Å². The van der Waals surface area contributed by atoms with Crippen LogP contribution in [0.15, 0.2) is 58.3 Å². The summed E-state index contributed by atoms with van der Waals surface area (Å²) in [5.74, 6) is 0.261. The van der Waals surface area contributed by atoms with Crippen molar-refractivity contribution in [1.82, 2.24) is 5.32 Å². The van der Waals surface area contributed by atoms with Crippen molar-refractivity contribution in [3.8, 4) is 0 Å². The highest BCUT2D eigenvalue weighted by atomic mass is 32.2. The summed E-state index contributed by atoms with van der Waals surface area (Å²) in [4.78, 5) is 28.8. The van der Waals surface area contributed by atoms with Crippen LogP contribution in [0, 0.1) is 5.92 Å². The fourth-order valence-corrected chi connectivity index (χ4v) is 4.18. The Morgan fingerprint density at radius 1 is 1.14 bits per heavy atom. The fraction of sp³-hybridized carbons (Fsp3) is 0.333. The first-order valence-electron chi connectivity index (χ1n) is 10.1. The van der Waals surface area contributed by atoms with Crippen LogP contribution >= 0.6 is 11.8 Å². The zero-order valence-corrected chi connectivity index (χ0v) is 18.1. The highest BCUT2D eigenvalue weighted by Crippen LogP contribution is 2.41. The molecule has 3 rings (SSSR count). The number of anilines is 1. The Balaban J connectivity index is 1.82. The quantitative estimate of drug-likeness (QED) is 0.664. The standard InChI is InChI=1S/C24H28N2O2S/c1-4-18-9-11-19(12-10-18)15-22-24(28)26(16-23(27)25-14-13-17(2)3)20-7-5-6-8-21(20)29-22/h5-12,15,17H,4,13-14,16H2,1-3H3,(H,25,27)/b22-15-. The summed E-state index contributed by atoms with van der Waals surface area (Å²) in [6.07, 6.45) is 3.81. The molecule has 2 aromatic rings. The normalized spacial score (nSPS) is 15.0. The summed E-state index contributed by atoms with van der Waals surface area (Å²) < 4.78 is 0. The molecule has 0 radical (unpaired) electrons. The summed E-state index contributed by atoms with van der Waals surface area (Å²) in [7, 11) is 0. The first-order valence-corrected chi connectivity index (χ1v) is 11.0. The van der Waals surface area contributed by atoms with Gasteiger partial charge in [0.2, 0.25) is 5.91 Å². The van der Waals surface area contributed by atoms with Gasteiger partial charge in [0.25, 0.3) is 5.91 Å². The van der Waals surface area contributed by atoms with E-state index in [2.05, 4.69) is 38.2 Å². The largest absolute Gasteiger partial charge is 0.355 e. The van der Waals surface area contributed by atoms with E-state index < -0.39 is 0 Å². The number of para-hydroxylation sites is 1. The van der Waals surface area contributed by atoms with Gasteiger partial charge in [-0.3, -0.25) is 14.5 Å². The van der Waals surface area contributed by atoms with Crippen molar-refractivity contribution < 1.29 is 9.59 Å². The van der Waals surface area contributed by atoms with Crippen molar-refractivity contribution in [2.75, 3.05) is 18.0 Å². The van der Waals surface area contributed by atoms with Gasteiger partial charge in [-0.25, -0.2) is 0 Å². The first kappa shape index (κ1) is 21.2. The third-order valence-electron chi connectivity index (χ3n) is 4.86. The van der Waals surface area contributed by atoms with Crippen molar-refractivity contribution in [2.45, 2.75) is 38.5 Å². The Bertz CT molecular complexity index is 903. The van der Waals surface area contributed by atoms with E-state index in [4.69, 9.17) is 0 Å². The molecule has 1 aliphatic rings. The van der Waals surface area contributed by atoms with Crippen LogP contribution in [0.3, 0.4) is 0 Å². The van der Waals surface area contributed by atoms with Gasteiger partial charge in [-0.05, 0) is 48.1 Å². The number of benzene rings is 2. The molecule has 0 aliphatic carbocycles. The Labute approximate surface area is 177 Å². The topological polar surface area (TPSA) is 49.4 Å². The Hall–Kier alpha value is -2.53. The minimum absolute atomic E-state index is 0.0284. The summed E-state index contributed by atoms with van der Waals surface area (Å²) in [5, 5.41) is 2.93. The zero-order chi connectivity index (χ0) is 20.8. The first-order chi connectivity index (χ1) is 14.0. The number of carbonyl (C=O) groups is 2. The van der Waals surface area contributed by atoms with E-state index in [1.54, 1.807) is 4.90 Å². The van der Waals surface area contributed by atoms with Gasteiger partial charge in [-0.2, -0.15) is 0 Å². The molecule has 0 aromatic heterocycles. The minimum Gasteiger partial charge on any atom is -0.355 e. The van der Waals surface area contributed by atoms with E-state index in [9.17, 15) is 9.59 Å². The van der Waals surface area contributed by atoms with E-state index in [0.717, 1.165) is 29.0 Å². The van der Waals surface area contributed by atoms with E-state index in [0.29, 0.717) is 17.4 Å². The number of nitrogens with one attached hydrogen (secondary N) is 1. The van der Waals surface area contributed by atoms with Gasteiger partial charge in [0.1, 0.15) is 6.54 Å². The molecule has 0 bridgehead atoms. The summed E-state index contributed by atoms with van der Waals surface area (Å²) >= 11 is 1.46. The number of hydrogen-bond donors (Lipinski definition) is 1. The molecule has 1 heterocycles. The maximum absolute atomic E-state index is 13.2. The number of amides is 2. The molecule has 0 fully saturated rings. The van der Waals surface area contributed by atoms with Crippen molar-refractivity contribution in [3.05, 3.63) is 64.6 Å². The Morgan fingerprint density at radius 2 is 1.86 bits per heavy atom. The van der Waals surface area contributed by atoms with Crippen molar-refractivity contribution in [1.29, 1.82) is 0 Å². The van der Waals surface area contributed by atoms with Crippen LogP contribution < -0.4 is 10.2 Å². The second-order valence-electron chi connectivity index (χ2n) is 7.60. The van der Waals surface area contributed by atoms with Gasteiger partial charge < -0.3 is 5.32 Å². The van der Waals surface area contributed by atoms with Crippen molar-refractivity contribution >= 4 is 35.3 Å². The molecule has 0 unspecified atom stereocenters. The minimum atomic E-state index is -0.132. The van der Waals surface area contributed by atoms with E-state index in [-0.39, 0.29) is 18.4 Å². The Kier molecular flexibility index (Phi) is 7.15. The molecule has 2 amide bonds. The summed E-state index contributed by atoms with van der Waals surface area (Å²) in [6, 6.07) is 16.0. The van der Waals surface area contributed by atoms with E-state index in [1.165, 1.54) is 17.3 Å². The molecule has 0 saturated heterocycles. The maximum Gasteiger partial charge on any atom is 0.265 e. The smallest absolute Gasteiger partial charge is 0.265 e. The average molecular weight is 409 g/mol. The summed E-state index contributed by atoms with van der Waals surface area (Å²) in [5.41, 5.74) is 3.04. The van der Waals surface area contributed by atoms with Crippen molar-refractivity contribution in [2.24, 2.45) is 5.92 Å². The predicted molar refractivity (Wildman–Crippen MR) is 121 cm³/mol. The maximum atomic E-state index is 13.2. The van der Waals surface area contributed by atoms with Crippen LogP contribution in [-0.4, -0.2) is 24.9 Å². The number of fused-ring (bicyclic) bond motifs is 1. The van der Waals surface area contributed by atoms with Gasteiger partial charge in [-0.1, -0.05) is 68.9 Å². The molecule has 0 atom stereocenters. The lowest BCUT2D eigenvalue weighted by atomic mass is 10.1.